The van der Waals surface area contributed by atoms with Gasteiger partial charge in [0.25, 0.3) is 0 Å². The summed E-state index contributed by atoms with van der Waals surface area (Å²) >= 11 is 0. The van der Waals surface area contributed by atoms with Gasteiger partial charge in [0.15, 0.2) is 0 Å². The van der Waals surface area contributed by atoms with Crippen molar-refractivity contribution >= 4 is 22.6 Å². The van der Waals surface area contributed by atoms with Crippen molar-refractivity contribution in [2.24, 2.45) is 0 Å². The summed E-state index contributed by atoms with van der Waals surface area (Å²) in [5.41, 5.74) is 3.32. The average molecular weight is 258 g/mol. The first-order chi connectivity index (χ1) is 9.10. The molecule has 0 unspecified atom stereocenters. The molecule has 1 N–H and O–H groups in total. The second-order valence-corrected chi connectivity index (χ2v) is 4.69. The lowest BCUT2D eigenvalue weighted by Gasteiger charge is -2.14. The van der Waals surface area contributed by atoms with Crippen LogP contribution in [0.25, 0.3) is 10.9 Å². The molecule has 19 heavy (non-hydrogen) atoms. The van der Waals surface area contributed by atoms with E-state index in [0.717, 1.165) is 16.6 Å². The van der Waals surface area contributed by atoms with Gasteiger partial charge in [-0.25, -0.2) is 4.79 Å². The second kappa shape index (κ2) is 5.26. The van der Waals surface area contributed by atoms with E-state index in [2.05, 4.69) is 30.2 Å². The van der Waals surface area contributed by atoms with Crippen LogP contribution in [0.5, 0.6) is 0 Å². The van der Waals surface area contributed by atoms with Gasteiger partial charge in [-0.1, -0.05) is 32.0 Å². The van der Waals surface area contributed by atoms with E-state index in [1.54, 1.807) is 13.2 Å². The van der Waals surface area contributed by atoms with Gasteiger partial charge < -0.3 is 10.1 Å². The van der Waals surface area contributed by atoms with E-state index >= 15 is 0 Å². The van der Waals surface area contributed by atoms with Crippen LogP contribution in [-0.2, 0) is 4.74 Å². The number of aromatic nitrogens is 1. The van der Waals surface area contributed by atoms with Crippen LogP contribution in [0, 0.1) is 0 Å². The molecule has 0 bridgehead atoms. The third kappa shape index (κ3) is 2.26. The van der Waals surface area contributed by atoms with Crippen LogP contribution in [-0.4, -0.2) is 25.1 Å². The number of hydrogen-bond acceptors (Lipinski definition) is 4. The zero-order valence-corrected chi connectivity index (χ0v) is 11.7. The molecule has 0 atom stereocenters. The maximum absolute atomic E-state index is 11.8. The highest BCUT2D eigenvalue weighted by molar-refractivity contribution is 6.05. The van der Waals surface area contributed by atoms with Crippen molar-refractivity contribution < 1.29 is 9.53 Å². The van der Waals surface area contributed by atoms with Gasteiger partial charge in [-0.15, -0.1) is 0 Å². The van der Waals surface area contributed by atoms with Gasteiger partial charge in [-0.05, 0) is 11.5 Å². The summed E-state index contributed by atoms with van der Waals surface area (Å²) in [7, 11) is 3.17. The van der Waals surface area contributed by atoms with E-state index in [0.29, 0.717) is 11.5 Å². The van der Waals surface area contributed by atoms with Crippen molar-refractivity contribution in [1.82, 2.24) is 4.98 Å². The molecule has 2 aromatic rings. The number of hydrogen-bond donors (Lipinski definition) is 1. The molecule has 0 fully saturated rings. The highest BCUT2D eigenvalue weighted by Crippen LogP contribution is 2.30. The fourth-order valence-electron chi connectivity index (χ4n) is 2.25. The number of methoxy groups -OCH3 is 1. The number of pyridine rings is 1. The van der Waals surface area contributed by atoms with Crippen molar-refractivity contribution in [1.29, 1.82) is 0 Å². The standard InChI is InChI=1S/C15H18N2O2/c1-9(2)10-6-5-7-11-13(16-3)12(15(18)19-4)8-17-14(10)11/h5-9H,1-4H3,(H,16,17). The number of para-hydroxylation sites is 1. The average Bonchev–Trinajstić information content (AvgIpc) is 2.44. The smallest absolute Gasteiger partial charge is 0.341 e. The Morgan fingerprint density at radius 2 is 2.11 bits per heavy atom. The topological polar surface area (TPSA) is 51.2 Å². The van der Waals surface area contributed by atoms with Crippen molar-refractivity contribution in [3.8, 4) is 0 Å². The first kappa shape index (κ1) is 13.3. The minimum Gasteiger partial charge on any atom is -0.465 e. The van der Waals surface area contributed by atoms with Crippen LogP contribution in [0.15, 0.2) is 24.4 Å². The van der Waals surface area contributed by atoms with Crippen LogP contribution in [0.3, 0.4) is 0 Å². The van der Waals surface area contributed by atoms with Crippen LogP contribution in [0.4, 0.5) is 5.69 Å². The molecule has 1 aromatic heterocycles. The lowest BCUT2D eigenvalue weighted by molar-refractivity contribution is 0.0601. The molecular formula is C15H18N2O2. The Morgan fingerprint density at radius 3 is 2.68 bits per heavy atom. The van der Waals surface area contributed by atoms with Gasteiger partial charge in [0, 0.05) is 18.6 Å². The number of ether oxygens (including phenoxy) is 1. The maximum atomic E-state index is 11.8. The van der Waals surface area contributed by atoms with E-state index in [4.69, 9.17) is 4.74 Å². The number of anilines is 1. The maximum Gasteiger partial charge on any atom is 0.341 e. The Balaban J connectivity index is 2.77. The highest BCUT2D eigenvalue weighted by Gasteiger charge is 2.16. The van der Waals surface area contributed by atoms with E-state index in [1.807, 2.05) is 12.1 Å². The van der Waals surface area contributed by atoms with Gasteiger partial charge in [0.2, 0.25) is 0 Å². The summed E-state index contributed by atoms with van der Waals surface area (Å²) in [5.74, 6) is -0.00131. The molecule has 0 saturated heterocycles. The largest absolute Gasteiger partial charge is 0.465 e. The Bertz CT molecular complexity index is 621. The summed E-state index contributed by atoms with van der Waals surface area (Å²) < 4.78 is 4.79. The number of rotatable bonds is 3. The number of nitrogens with zero attached hydrogens (tertiary/aromatic N) is 1. The van der Waals surface area contributed by atoms with Gasteiger partial charge in [-0.2, -0.15) is 0 Å². The molecule has 0 aliphatic heterocycles. The van der Waals surface area contributed by atoms with E-state index in [-0.39, 0.29) is 5.97 Å². The van der Waals surface area contributed by atoms with Crippen molar-refractivity contribution in [2.75, 3.05) is 19.5 Å². The van der Waals surface area contributed by atoms with E-state index < -0.39 is 0 Å². The quantitative estimate of drug-likeness (QED) is 0.859. The molecule has 0 amide bonds. The fourth-order valence-corrected chi connectivity index (χ4v) is 2.25. The second-order valence-electron chi connectivity index (χ2n) is 4.69. The minimum absolute atomic E-state index is 0.380. The number of nitrogens with one attached hydrogen (secondary N) is 1. The number of benzene rings is 1. The Kier molecular flexibility index (Phi) is 3.69. The molecule has 0 radical (unpaired) electrons. The Hall–Kier alpha value is -2.10. The van der Waals surface area contributed by atoms with Crippen LogP contribution in [0.1, 0.15) is 35.7 Å². The number of carbonyl (C=O) groups excluding carboxylic acids is 1. The SMILES string of the molecule is CNc1c(C(=O)OC)cnc2c(C(C)C)cccc12. The molecule has 1 heterocycles. The summed E-state index contributed by atoms with van der Waals surface area (Å²) in [4.78, 5) is 16.2. The monoisotopic (exact) mass is 258 g/mol. The predicted octanol–water partition coefficient (Wildman–Crippen LogP) is 3.19. The number of fused-ring (bicyclic) bond motifs is 1. The molecule has 0 aliphatic carbocycles. The fraction of sp³-hybridized carbons (Fsp3) is 0.333. The molecule has 100 valence electrons. The molecule has 0 saturated carbocycles. The van der Waals surface area contributed by atoms with Gasteiger partial charge in [-0.3, -0.25) is 4.98 Å². The Labute approximate surface area is 112 Å². The normalized spacial score (nSPS) is 10.8. The number of esters is 1. The lowest BCUT2D eigenvalue weighted by atomic mass is 9.98. The highest BCUT2D eigenvalue weighted by atomic mass is 16.5. The molecule has 4 nitrogen and oxygen atoms in total. The first-order valence-corrected chi connectivity index (χ1v) is 6.27. The summed E-state index contributed by atoms with van der Waals surface area (Å²) in [6.45, 7) is 4.26. The predicted molar refractivity (Wildman–Crippen MR) is 76.7 cm³/mol. The zero-order chi connectivity index (χ0) is 14.0. The van der Waals surface area contributed by atoms with Crippen LogP contribution in [0.2, 0.25) is 0 Å². The van der Waals surface area contributed by atoms with Gasteiger partial charge in [0.05, 0.1) is 18.3 Å². The van der Waals surface area contributed by atoms with Crippen LogP contribution < -0.4 is 5.32 Å². The van der Waals surface area contributed by atoms with Crippen molar-refractivity contribution in [3.05, 3.63) is 35.5 Å². The van der Waals surface area contributed by atoms with Gasteiger partial charge in [0.1, 0.15) is 5.56 Å². The third-order valence-corrected chi connectivity index (χ3v) is 3.21. The summed E-state index contributed by atoms with van der Waals surface area (Å²) in [6.07, 6.45) is 1.58. The first-order valence-electron chi connectivity index (χ1n) is 6.27. The molecule has 1 aromatic carbocycles. The molecule has 4 heteroatoms. The molecule has 0 spiro atoms. The molecule has 0 aliphatic rings. The van der Waals surface area contributed by atoms with Crippen molar-refractivity contribution in [2.45, 2.75) is 19.8 Å². The molecule has 2 rings (SSSR count). The zero-order valence-electron chi connectivity index (χ0n) is 11.7. The van der Waals surface area contributed by atoms with Gasteiger partial charge >= 0.3 is 5.97 Å². The summed E-state index contributed by atoms with van der Waals surface area (Å²) in [5, 5.41) is 4.02. The molecular weight excluding hydrogens is 240 g/mol. The van der Waals surface area contributed by atoms with E-state index in [9.17, 15) is 4.79 Å². The van der Waals surface area contributed by atoms with E-state index in [1.165, 1.54) is 12.7 Å². The third-order valence-electron chi connectivity index (χ3n) is 3.21. The summed E-state index contributed by atoms with van der Waals surface area (Å²) in [6, 6.07) is 6.02. The van der Waals surface area contributed by atoms with Crippen molar-refractivity contribution in [3.63, 3.8) is 0 Å². The lowest BCUT2D eigenvalue weighted by Crippen LogP contribution is -2.08. The number of carbonyl (C=O) groups is 1. The van der Waals surface area contributed by atoms with Crippen LogP contribution >= 0.6 is 0 Å². The minimum atomic E-state index is -0.381. The Morgan fingerprint density at radius 1 is 1.37 bits per heavy atom.